The summed E-state index contributed by atoms with van der Waals surface area (Å²) in [6, 6.07) is 11.7. The first-order valence-corrected chi connectivity index (χ1v) is 8.45. The van der Waals surface area contributed by atoms with Gasteiger partial charge in [-0.3, -0.25) is 9.89 Å². The number of aromatic amines is 1. The first-order valence-electron chi connectivity index (χ1n) is 8.45. The van der Waals surface area contributed by atoms with Crippen molar-refractivity contribution >= 4 is 5.97 Å². The number of phenols is 2. The minimum absolute atomic E-state index is 0.0422. The van der Waals surface area contributed by atoms with Gasteiger partial charge in [0, 0.05) is 29.3 Å². The van der Waals surface area contributed by atoms with Crippen LogP contribution in [0.15, 0.2) is 42.5 Å². The number of hydrogen-bond acceptors (Lipinski definition) is 5. The fourth-order valence-electron chi connectivity index (χ4n) is 2.96. The molecule has 0 amide bonds. The van der Waals surface area contributed by atoms with E-state index in [-0.39, 0.29) is 17.9 Å². The maximum Gasteiger partial charge on any atom is 0.303 e. The van der Waals surface area contributed by atoms with Gasteiger partial charge in [0.2, 0.25) is 0 Å². The van der Waals surface area contributed by atoms with Gasteiger partial charge in [0.1, 0.15) is 22.9 Å². The van der Waals surface area contributed by atoms with Crippen molar-refractivity contribution in [1.29, 1.82) is 0 Å². The number of rotatable bonds is 7. The molecule has 3 aromatic rings. The van der Waals surface area contributed by atoms with E-state index >= 15 is 0 Å². The van der Waals surface area contributed by atoms with E-state index < -0.39 is 5.97 Å². The van der Waals surface area contributed by atoms with Crippen LogP contribution >= 0.6 is 0 Å². The number of aromatic hydroxyl groups is 2. The Labute approximate surface area is 155 Å². The Morgan fingerprint density at radius 1 is 1.15 bits per heavy atom. The number of benzene rings is 2. The highest BCUT2D eigenvalue weighted by atomic mass is 16.5. The standard InChI is InChI=1S/C20H20N2O5/c1-27-14-8-5-12(6-9-14)19-16(3-2-4-18(25)26)21-22-20(19)15-10-7-13(23)11-17(15)24/h5-11,23-24H,2-4H2,1H3,(H,21,22)(H,25,26). The Balaban J connectivity index is 2.07. The first kappa shape index (κ1) is 18.3. The molecule has 0 saturated carbocycles. The van der Waals surface area contributed by atoms with Crippen molar-refractivity contribution in [3.05, 3.63) is 48.2 Å². The van der Waals surface area contributed by atoms with E-state index in [0.717, 1.165) is 16.8 Å². The van der Waals surface area contributed by atoms with Crippen LogP contribution in [0.5, 0.6) is 17.2 Å². The largest absolute Gasteiger partial charge is 0.508 e. The lowest BCUT2D eigenvalue weighted by Gasteiger charge is -2.09. The van der Waals surface area contributed by atoms with Gasteiger partial charge in [-0.05, 0) is 42.7 Å². The van der Waals surface area contributed by atoms with Crippen LogP contribution in [0.4, 0.5) is 0 Å². The maximum atomic E-state index is 10.8. The van der Waals surface area contributed by atoms with Crippen molar-refractivity contribution in [2.75, 3.05) is 7.11 Å². The van der Waals surface area contributed by atoms with E-state index in [1.54, 1.807) is 13.2 Å². The molecule has 0 saturated heterocycles. The van der Waals surface area contributed by atoms with Crippen LogP contribution in [0.2, 0.25) is 0 Å². The molecule has 7 heteroatoms. The normalized spacial score (nSPS) is 10.7. The molecule has 0 unspecified atom stereocenters. The summed E-state index contributed by atoms with van der Waals surface area (Å²) in [5, 5.41) is 36.0. The summed E-state index contributed by atoms with van der Waals surface area (Å²) in [5.74, 6) is -0.270. The number of phenolic OH excluding ortho intramolecular Hbond substituents is 2. The third-order valence-electron chi connectivity index (χ3n) is 4.27. The molecule has 0 aliphatic heterocycles. The van der Waals surface area contributed by atoms with Gasteiger partial charge in [-0.25, -0.2) is 0 Å². The van der Waals surface area contributed by atoms with Crippen molar-refractivity contribution in [3.63, 3.8) is 0 Å². The third kappa shape index (κ3) is 4.03. The molecule has 0 bridgehead atoms. The number of nitrogens with zero attached hydrogens (tertiary/aromatic N) is 1. The Hall–Kier alpha value is -3.48. The van der Waals surface area contributed by atoms with E-state index in [1.165, 1.54) is 12.1 Å². The Bertz CT molecular complexity index is 948. The van der Waals surface area contributed by atoms with Gasteiger partial charge in [-0.2, -0.15) is 5.10 Å². The Kier molecular flexibility index (Phi) is 5.30. The predicted molar refractivity (Wildman–Crippen MR) is 99.9 cm³/mol. The third-order valence-corrected chi connectivity index (χ3v) is 4.27. The average Bonchev–Trinajstić information content (AvgIpc) is 3.05. The van der Waals surface area contributed by atoms with Crippen LogP contribution in [0.3, 0.4) is 0 Å². The van der Waals surface area contributed by atoms with Gasteiger partial charge < -0.3 is 20.1 Å². The SMILES string of the molecule is COc1ccc(-c2c(-c3ccc(O)cc3O)n[nH]c2CCCC(=O)O)cc1. The second-order valence-corrected chi connectivity index (χ2v) is 6.10. The summed E-state index contributed by atoms with van der Waals surface area (Å²) in [6.07, 6.45) is 1.02. The second-order valence-electron chi connectivity index (χ2n) is 6.10. The molecule has 0 spiro atoms. The molecule has 7 nitrogen and oxygen atoms in total. The molecular formula is C20H20N2O5. The topological polar surface area (TPSA) is 116 Å². The lowest BCUT2D eigenvalue weighted by molar-refractivity contribution is -0.137. The highest BCUT2D eigenvalue weighted by Gasteiger charge is 2.19. The lowest BCUT2D eigenvalue weighted by atomic mass is 9.96. The molecule has 0 radical (unpaired) electrons. The van der Waals surface area contributed by atoms with Gasteiger partial charge in [-0.15, -0.1) is 0 Å². The number of aliphatic carboxylic acids is 1. The number of hydrogen-bond donors (Lipinski definition) is 4. The quantitative estimate of drug-likeness (QED) is 0.507. The maximum absolute atomic E-state index is 10.8. The van der Waals surface area contributed by atoms with Gasteiger partial charge >= 0.3 is 5.97 Å². The van der Waals surface area contributed by atoms with E-state index in [2.05, 4.69) is 10.2 Å². The van der Waals surface area contributed by atoms with Crippen LogP contribution in [-0.4, -0.2) is 38.6 Å². The number of H-pyrrole nitrogens is 1. The summed E-state index contributed by atoms with van der Waals surface area (Å²) in [5.41, 5.74) is 3.42. The summed E-state index contributed by atoms with van der Waals surface area (Å²) in [4.78, 5) is 10.8. The highest BCUT2D eigenvalue weighted by Crippen LogP contribution is 2.39. The predicted octanol–water partition coefficient (Wildman–Crippen LogP) is 3.57. The number of aryl methyl sites for hydroxylation is 1. The Morgan fingerprint density at radius 2 is 1.89 bits per heavy atom. The number of methoxy groups -OCH3 is 1. The van der Waals surface area contributed by atoms with E-state index in [4.69, 9.17) is 9.84 Å². The zero-order valence-corrected chi connectivity index (χ0v) is 14.8. The van der Waals surface area contributed by atoms with Crippen LogP contribution in [0.25, 0.3) is 22.4 Å². The molecule has 1 aromatic heterocycles. The van der Waals surface area contributed by atoms with Crippen LogP contribution in [0.1, 0.15) is 18.5 Å². The van der Waals surface area contributed by atoms with Crippen molar-refractivity contribution < 1.29 is 24.9 Å². The van der Waals surface area contributed by atoms with Crippen molar-refractivity contribution in [3.8, 4) is 39.6 Å². The fourth-order valence-corrected chi connectivity index (χ4v) is 2.96. The molecule has 4 N–H and O–H groups in total. The summed E-state index contributed by atoms with van der Waals surface area (Å²) in [7, 11) is 1.59. The van der Waals surface area contributed by atoms with Crippen molar-refractivity contribution in [1.82, 2.24) is 10.2 Å². The number of nitrogens with one attached hydrogen (secondary N) is 1. The van der Waals surface area contributed by atoms with Gasteiger partial charge in [0.25, 0.3) is 0 Å². The minimum Gasteiger partial charge on any atom is -0.508 e. The number of carboxylic acids is 1. The molecule has 27 heavy (non-hydrogen) atoms. The van der Waals surface area contributed by atoms with Gasteiger partial charge in [0.15, 0.2) is 0 Å². The second kappa shape index (κ2) is 7.82. The first-order chi connectivity index (χ1) is 13.0. The van der Waals surface area contributed by atoms with Crippen molar-refractivity contribution in [2.24, 2.45) is 0 Å². The lowest BCUT2D eigenvalue weighted by Crippen LogP contribution is -1.97. The molecule has 0 aliphatic rings. The zero-order chi connectivity index (χ0) is 19.4. The number of carbonyl (C=O) groups is 1. The molecule has 0 fully saturated rings. The number of ether oxygens (including phenoxy) is 1. The van der Waals surface area contributed by atoms with Crippen molar-refractivity contribution in [2.45, 2.75) is 19.3 Å². The average molecular weight is 368 g/mol. The summed E-state index contributed by atoms with van der Waals surface area (Å²) >= 11 is 0. The van der Waals surface area contributed by atoms with Crippen LogP contribution in [-0.2, 0) is 11.2 Å². The molecule has 1 heterocycles. The summed E-state index contributed by atoms with van der Waals surface area (Å²) in [6.45, 7) is 0. The fraction of sp³-hybridized carbons (Fsp3) is 0.200. The molecule has 140 valence electrons. The molecule has 2 aromatic carbocycles. The van der Waals surface area contributed by atoms with E-state index in [9.17, 15) is 15.0 Å². The minimum atomic E-state index is -0.850. The molecule has 0 aliphatic carbocycles. The van der Waals surface area contributed by atoms with Gasteiger partial charge in [-0.1, -0.05) is 12.1 Å². The highest BCUT2D eigenvalue weighted by molar-refractivity contribution is 5.85. The summed E-state index contributed by atoms with van der Waals surface area (Å²) < 4.78 is 5.20. The monoisotopic (exact) mass is 368 g/mol. The van der Waals surface area contributed by atoms with E-state index in [1.807, 2.05) is 24.3 Å². The molecule has 3 rings (SSSR count). The number of aromatic nitrogens is 2. The Morgan fingerprint density at radius 3 is 2.52 bits per heavy atom. The molecule has 0 atom stereocenters. The molecular weight excluding hydrogens is 348 g/mol. The number of carboxylic acid groups (broad SMARTS) is 1. The smallest absolute Gasteiger partial charge is 0.303 e. The van der Waals surface area contributed by atoms with Crippen LogP contribution < -0.4 is 4.74 Å². The zero-order valence-electron chi connectivity index (χ0n) is 14.8. The van der Waals surface area contributed by atoms with Crippen LogP contribution in [0, 0.1) is 0 Å². The van der Waals surface area contributed by atoms with E-state index in [0.29, 0.717) is 29.8 Å². The van der Waals surface area contributed by atoms with Gasteiger partial charge in [0.05, 0.1) is 7.11 Å².